The number of aromatic nitrogens is 2. The molecular formula is C14H24FN3O3SSi. The van der Waals surface area contributed by atoms with Crippen molar-refractivity contribution in [2.75, 3.05) is 18.1 Å². The maximum Gasteiger partial charge on any atom is 0.351 e. The summed E-state index contributed by atoms with van der Waals surface area (Å²) < 4.78 is 26.6. The predicted molar refractivity (Wildman–Crippen MR) is 92.4 cm³/mol. The first-order valence-corrected chi connectivity index (χ1v) is 11.4. The third-order valence-electron chi connectivity index (χ3n) is 4.36. The van der Waals surface area contributed by atoms with E-state index < -0.39 is 31.9 Å². The fourth-order valence-electron chi connectivity index (χ4n) is 1.83. The number of ether oxygens (including phenoxy) is 1. The van der Waals surface area contributed by atoms with E-state index in [9.17, 15) is 9.18 Å². The first-order valence-electron chi connectivity index (χ1n) is 7.46. The van der Waals surface area contributed by atoms with Crippen LogP contribution < -0.4 is 11.4 Å². The summed E-state index contributed by atoms with van der Waals surface area (Å²) in [6.07, 6.45) is 0.496. The van der Waals surface area contributed by atoms with E-state index in [1.807, 2.05) is 0 Å². The highest BCUT2D eigenvalue weighted by atomic mass is 32.2. The number of rotatable bonds is 4. The number of nitrogens with zero attached hydrogens (tertiary/aromatic N) is 2. The lowest BCUT2D eigenvalue weighted by Crippen LogP contribution is -2.42. The van der Waals surface area contributed by atoms with Crippen LogP contribution in [-0.2, 0) is 9.16 Å². The Hall–Kier alpha value is -0.903. The molecule has 0 spiro atoms. The molecule has 23 heavy (non-hydrogen) atoms. The van der Waals surface area contributed by atoms with E-state index in [4.69, 9.17) is 14.9 Å². The van der Waals surface area contributed by atoms with E-state index in [2.05, 4.69) is 38.8 Å². The van der Waals surface area contributed by atoms with E-state index in [0.29, 0.717) is 12.4 Å². The van der Waals surface area contributed by atoms with E-state index in [0.717, 1.165) is 10.8 Å². The van der Waals surface area contributed by atoms with Crippen LogP contribution in [0.15, 0.2) is 11.0 Å². The fraction of sp³-hybridized carbons (Fsp3) is 0.714. The Morgan fingerprint density at radius 1 is 1.57 bits per heavy atom. The van der Waals surface area contributed by atoms with Crippen LogP contribution in [0.3, 0.4) is 0 Å². The molecular weight excluding hydrogens is 340 g/mol. The summed E-state index contributed by atoms with van der Waals surface area (Å²) in [5.41, 5.74) is 4.50. The smallest absolute Gasteiger partial charge is 0.351 e. The molecule has 9 heteroatoms. The molecule has 0 amide bonds. The molecule has 2 unspecified atom stereocenters. The van der Waals surface area contributed by atoms with Gasteiger partial charge in [-0.25, -0.2) is 9.18 Å². The van der Waals surface area contributed by atoms with Gasteiger partial charge in [0.05, 0.1) is 12.8 Å². The van der Waals surface area contributed by atoms with Crippen LogP contribution in [0.1, 0.15) is 27.0 Å². The van der Waals surface area contributed by atoms with Crippen molar-refractivity contribution >= 4 is 25.9 Å². The number of thioether (sulfide) groups is 1. The number of anilines is 1. The topological polar surface area (TPSA) is 79.4 Å². The van der Waals surface area contributed by atoms with Crippen LogP contribution in [0.25, 0.3) is 0 Å². The SMILES string of the molecule is CC(C)(C)[Si](C)(C)OCC1OC([15n]2cc(F)c(N)[15n][13c]2=O)CS1. The molecule has 2 rings (SSSR count). The molecule has 0 radical (unpaired) electrons. The van der Waals surface area contributed by atoms with Crippen molar-refractivity contribution in [3.05, 3.63) is 22.5 Å². The van der Waals surface area contributed by atoms with Gasteiger partial charge in [0.2, 0.25) is 0 Å². The van der Waals surface area contributed by atoms with Gasteiger partial charge >= 0.3 is 5.69 Å². The van der Waals surface area contributed by atoms with E-state index >= 15 is 0 Å². The van der Waals surface area contributed by atoms with Crippen molar-refractivity contribution in [3.8, 4) is 0 Å². The third kappa shape index (κ3) is 4.14. The maximum absolute atomic E-state index is 13.5. The van der Waals surface area contributed by atoms with E-state index in [1.165, 1.54) is 0 Å². The molecule has 2 N–H and O–H groups in total. The molecule has 2 atom stereocenters. The molecule has 1 aliphatic rings. The molecule has 1 aromatic heterocycles. The number of hydrogen-bond donors (Lipinski definition) is 1. The van der Waals surface area contributed by atoms with Crippen LogP contribution in [0.2, 0.25) is 18.1 Å². The number of nitrogen functional groups attached to an aromatic ring is 1. The third-order valence-corrected chi connectivity index (χ3v) is 9.96. The maximum atomic E-state index is 13.5. The van der Waals surface area contributed by atoms with Gasteiger partial charge in [-0.05, 0) is 18.1 Å². The number of halogens is 1. The van der Waals surface area contributed by atoms with Crippen molar-refractivity contribution in [3.63, 3.8) is 0 Å². The second kappa shape index (κ2) is 6.54. The van der Waals surface area contributed by atoms with Crippen LogP contribution in [0, 0.1) is 5.82 Å². The molecule has 0 aliphatic carbocycles. The van der Waals surface area contributed by atoms with E-state index in [-0.39, 0.29) is 10.5 Å². The molecule has 1 aromatic rings. The van der Waals surface area contributed by atoms with Crippen molar-refractivity contribution in [1.82, 2.24) is 9.55 Å². The number of hydrogen-bond acceptors (Lipinski definition) is 6. The summed E-state index contributed by atoms with van der Waals surface area (Å²) in [5, 5.41) is 0.122. The zero-order chi connectivity index (χ0) is 17.4. The Morgan fingerprint density at radius 2 is 2.22 bits per heavy atom. The normalized spacial score (nSPS) is 22.5. The summed E-state index contributed by atoms with van der Waals surface area (Å²) in [5.74, 6) is -0.579. The molecule has 2 heterocycles. The molecule has 130 valence electrons. The first-order chi connectivity index (χ1) is 10.5. The lowest BCUT2D eigenvalue weighted by atomic mass is 10.2. The van der Waals surface area contributed by atoms with Gasteiger partial charge in [0.15, 0.2) is 20.0 Å². The molecule has 6 nitrogen and oxygen atoms in total. The Labute approximate surface area is 140 Å². The first kappa shape index (κ1) is 18.4. The highest BCUT2D eigenvalue weighted by molar-refractivity contribution is 8.00. The van der Waals surface area contributed by atoms with Gasteiger partial charge in [-0.3, -0.25) is 4.57 Å². The predicted octanol–water partition coefficient (Wildman–Crippen LogP) is 2.57. The largest absolute Gasteiger partial charge is 0.413 e. The zero-order valence-electron chi connectivity index (χ0n) is 14.1. The van der Waals surface area contributed by atoms with Gasteiger partial charge in [0, 0.05) is 5.75 Å². The molecule has 1 fully saturated rings. The van der Waals surface area contributed by atoms with Gasteiger partial charge in [-0.1, -0.05) is 20.8 Å². The Morgan fingerprint density at radius 3 is 2.83 bits per heavy atom. The highest BCUT2D eigenvalue weighted by Crippen LogP contribution is 2.38. The van der Waals surface area contributed by atoms with Gasteiger partial charge < -0.3 is 14.9 Å². The lowest BCUT2D eigenvalue weighted by Gasteiger charge is -2.36. The van der Waals surface area contributed by atoms with Crippen LogP contribution >= 0.6 is 11.8 Å². The minimum atomic E-state index is -1.85. The zero-order valence-corrected chi connectivity index (χ0v) is 15.9. The van der Waals surface area contributed by atoms with Crippen molar-refractivity contribution < 1.29 is 13.6 Å². The van der Waals surface area contributed by atoms with Crippen LogP contribution in [0.5, 0.6) is 0 Å². The molecule has 1 aliphatic heterocycles. The number of nitrogens with two attached hydrogens (primary N) is 1. The quantitative estimate of drug-likeness (QED) is 0.827. The van der Waals surface area contributed by atoms with Crippen molar-refractivity contribution in [2.24, 2.45) is 0 Å². The minimum Gasteiger partial charge on any atom is -0.413 e. The summed E-state index contributed by atoms with van der Waals surface area (Å²) >= 11 is 1.55. The Balaban J connectivity index is 2.00. The molecule has 1 saturated heterocycles. The second-order valence-corrected chi connectivity index (χ2v) is 13.1. The molecule has 0 aromatic carbocycles. The highest BCUT2D eigenvalue weighted by Gasteiger charge is 2.39. The van der Waals surface area contributed by atoms with Gasteiger partial charge in [0.25, 0.3) is 0 Å². The minimum absolute atomic E-state index is 0.122. The van der Waals surface area contributed by atoms with Crippen LogP contribution in [0.4, 0.5) is 10.2 Å². The van der Waals surface area contributed by atoms with Gasteiger partial charge in [-0.2, -0.15) is 4.98 Å². The Bertz CT molecular complexity index is 633. The van der Waals surface area contributed by atoms with Gasteiger partial charge in [-0.15, -0.1) is 11.8 Å². The standard InChI is InChI=1S/C14H24FN3O3SSi/c1-14(2,3)23(4,5)20-7-11-21-10(8-22-11)18-6-9(15)12(16)17-13(18)19/h6,10-11H,7-8H2,1-5H3,(H2,16,17,19)/i13+1,17+1,18+1. The average molecular weight is 364 g/mol. The van der Waals surface area contributed by atoms with E-state index in [1.54, 1.807) is 11.8 Å². The second-order valence-electron chi connectivity index (χ2n) is 7.09. The lowest BCUT2D eigenvalue weighted by molar-refractivity contribution is -0.00459. The van der Waals surface area contributed by atoms with Gasteiger partial charge in [0.1, 0.15) is 11.7 Å². The summed E-state index contributed by atoms with van der Waals surface area (Å²) in [7, 11) is -1.85. The average Bonchev–Trinajstić information content (AvgIpc) is 2.88. The summed E-state index contributed by atoms with van der Waals surface area (Å²) in [6, 6.07) is 0. The molecule has 0 bridgehead atoms. The monoisotopic (exact) mass is 364 g/mol. The fourth-order valence-corrected chi connectivity index (χ4v) is 3.94. The summed E-state index contributed by atoms with van der Waals surface area (Å²) in [6.45, 7) is 11.3. The summed E-state index contributed by atoms with van der Waals surface area (Å²) in [4.78, 5) is 15.3. The van der Waals surface area contributed by atoms with Crippen molar-refractivity contribution in [2.45, 2.75) is 50.6 Å². The van der Waals surface area contributed by atoms with Crippen LogP contribution in [-0.4, -0.2) is 35.7 Å². The molecule has 0 saturated carbocycles. The Kier molecular flexibility index (Phi) is 5.24. The van der Waals surface area contributed by atoms with Crippen molar-refractivity contribution in [1.29, 1.82) is 0 Å².